The van der Waals surface area contributed by atoms with Gasteiger partial charge in [-0.3, -0.25) is 0 Å². The Kier molecular flexibility index (Phi) is 2.04. The fourth-order valence-electron chi connectivity index (χ4n) is 0.905. The molecule has 0 spiro atoms. The fraction of sp³-hybridized carbons (Fsp3) is 0.143. The van der Waals surface area contributed by atoms with Crippen molar-refractivity contribution in [3.8, 4) is 0 Å². The molecule has 11 heavy (non-hydrogen) atoms. The van der Waals surface area contributed by atoms with Crippen LogP contribution in [0.1, 0.15) is 5.56 Å². The van der Waals surface area contributed by atoms with Crippen LogP contribution in [0.15, 0.2) is 18.7 Å². The Bertz CT molecular complexity index is 327. The number of thiophene rings is 1. The molecule has 58 valence electrons. The maximum atomic E-state index is 4.44. The molecular weight excluding hydrogens is 271 g/mol. The summed E-state index contributed by atoms with van der Waals surface area (Å²) in [6, 6.07) is 2.09. The molecule has 0 aromatic carbocycles. The second-order valence-electron chi connectivity index (χ2n) is 2.04. The highest BCUT2D eigenvalue weighted by atomic mass is 127. The number of nitrogens with zero attached hydrogens (tertiary/aromatic N) is 2. The molecule has 0 radical (unpaired) electrons. The van der Waals surface area contributed by atoms with E-state index in [1.165, 1.54) is 10.6 Å². The van der Waals surface area contributed by atoms with Gasteiger partial charge in [-0.05, 0) is 21.1 Å². The van der Waals surface area contributed by atoms with E-state index in [1.807, 2.05) is 7.05 Å². The van der Waals surface area contributed by atoms with E-state index in [2.05, 4.69) is 24.0 Å². The summed E-state index contributed by atoms with van der Waals surface area (Å²) in [5, 5.41) is 7.44. The maximum Gasteiger partial charge on any atom is 0.128 e. The van der Waals surface area contributed by atoms with Gasteiger partial charge in [-0.15, -0.1) is 24.1 Å². The number of rotatable bonds is 1. The van der Waals surface area contributed by atoms with E-state index in [-0.39, 0.29) is 21.0 Å². The summed E-state index contributed by atoms with van der Waals surface area (Å²) in [5.74, 6) is 0. The van der Waals surface area contributed by atoms with Crippen molar-refractivity contribution in [3.05, 3.63) is 26.4 Å². The standard InChI is InChI=1S/C7H6IN2S/c1-9-6-4-8-10-7-5(6)2-3-11-7/h2-4H,1H3/q-1. The van der Waals surface area contributed by atoms with E-state index in [9.17, 15) is 0 Å². The van der Waals surface area contributed by atoms with Crippen molar-refractivity contribution in [2.24, 2.45) is 3.15 Å². The zero-order chi connectivity index (χ0) is 7.68. The molecule has 0 saturated carbocycles. The average molecular weight is 277 g/mol. The molecule has 0 N–H and O–H groups in total. The summed E-state index contributed by atoms with van der Waals surface area (Å²) in [6.07, 6.45) is 0. The quantitative estimate of drug-likeness (QED) is 0.697. The van der Waals surface area contributed by atoms with Crippen LogP contribution in [0.3, 0.4) is 0 Å². The van der Waals surface area contributed by atoms with Crippen molar-refractivity contribution in [2.75, 3.05) is 7.05 Å². The normalized spacial score (nSPS) is 14.8. The Hall–Kier alpha value is -0.230. The molecular formula is C7H6IN2S-. The molecule has 0 fully saturated rings. The van der Waals surface area contributed by atoms with E-state index >= 15 is 0 Å². The second kappa shape index (κ2) is 3.02. The minimum atomic E-state index is -0.115. The molecule has 0 saturated heterocycles. The van der Waals surface area contributed by atoms with Gasteiger partial charge in [0.15, 0.2) is 0 Å². The van der Waals surface area contributed by atoms with Gasteiger partial charge in [0.2, 0.25) is 0 Å². The predicted molar refractivity (Wildman–Crippen MR) is 57.7 cm³/mol. The summed E-state index contributed by atoms with van der Waals surface area (Å²) < 4.78 is 6.60. The topological polar surface area (TPSA) is 26.5 Å². The molecule has 1 aliphatic rings. The zero-order valence-corrected chi connectivity index (χ0v) is 8.89. The van der Waals surface area contributed by atoms with Crippen molar-refractivity contribution < 1.29 is 0 Å². The number of hydrogen-bond acceptors (Lipinski definition) is 2. The average Bonchev–Trinajstić information content (AvgIpc) is 2.50. The summed E-state index contributed by atoms with van der Waals surface area (Å²) >= 11 is 1.59. The lowest BCUT2D eigenvalue weighted by atomic mass is 10.2. The third kappa shape index (κ3) is 1.24. The number of fused-ring (bicyclic) bond motifs is 1. The van der Waals surface area contributed by atoms with Gasteiger partial charge >= 0.3 is 0 Å². The van der Waals surface area contributed by atoms with Crippen molar-refractivity contribution in [1.29, 1.82) is 0 Å². The summed E-state index contributed by atoms with van der Waals surface area (Å²) in [6.45, 7) is 0. The van der Waals surface area contributed by atoms with Crippen LogP contribution in [0, 0.1) is 0 Å². The molecule has 2 heterocycles. The first-order valence-electron chi connectivity index (χ1n) is 3.13. The summed E-state index contributed by atoms with van der Waals surface area (Å²) in [7, 11) is 1.84. The van der Waals surface area contributed by atoms with Gasteiger partial charge < -0.3 is 5.32 Å². The molecule has 0 bridgehead atoms. The molecule has 0 atom stereocenters. The molecule has 0 aliphatic carbocycles. The summed E-state index contributed by atoms with van der Waals surface area (Å²) in [5.41, 5.74) is 2.34. The van der Waals surface area contributed by atoms with Crippen LogP contribution in [0.2, 0.25) is 0 Å². The van der Waals surface area contributed by atoms with E-state index < -0.39 is 0 Å². The van der Waals surface area contributed by atoms with Crippen LogP contribution in [-0.4, -0.2) is 7.05 Å². The van der Waals surface area contributed by atoms with Crippen LogP contribution in [0.5, 0.6) is 0 Å². The molecule has 1 aromatic heterocycles. The van der Waals surface area contributed by atoms with Crippen molar-refractivity contribution >= 4 is 43.1 Å². The van der Waals surface area contributed by atoms with Crippen LogP contribution in [0.4, 0.5) is 5.00 Å². The molecule has 0 unspecified atom stereocenters. The SMILES string of the molecule is C[N-]C1=CI=Nc2sccc21. The Morgan fingerprint density at radius 2 is 2.55 bits per heavy atom. The van der Waals surface area contributed by atoms with Gasteiger partial charge in [-0.25, -0.2) is 3.15 Å². The Morgan fingerprint density at radius 1 is 1.64 bits per heavy atom. The van der Waals surface area contributed by atoms with Crippen molar-refractivity contribution in [3.63, 3.8) is 0 Å². The van der Waals surface area contributed by atoms with E-state index in [0.29, 0.717) is 0 Å². The van der Waals surface area contributed by atoms with Gasteiger partial charge in [0.05, 0.1) is 0 Å². The molecule has 1 aromatic rings. The Labute approximate surface area is 79.5 Å². The van der Waals surface area contributed by atoms with E-state index in [0.717, 1.165) is 5.70 Å². The van der Waals surface area contributed by atoms with Gasteiger partial charge in [0.1, 0.15) is 5.00 Å². The zero-order valence-electron chi connectivity index (χ0n) is 5.91. The van der Waals surface area contributed by atoms with Crippen LogP contribution in [-0.2, 0) is 0 Å². The maximum absolute atomic E-state index is 4.44. The van der Waals surface area contributed by atoms with Crippen LogP contribution >= 0.6 is 32.4 Å². The van der Waals surface area contributed by atoms with Gasteiger partial charge in [-0.1, -0.05) is 0 Å². The van der Waals surface area contributed by atoms with Gasteiger partial charge in [0, 0.05) is 21.0 Å². The van der Waals surface area contributed by atoms with Crippen LogP contribution in [0.25, 0.3) is 11.0 Å². The molecule has 4 heteroatoms. The Balaban J connectivity index is 2.55. The van der Waals surface area contributed by atoms with E-state index in [1.54, 1.807) is 11.3 Å². The lowest BCUT2D eigenvalue weighted by Crippen LogP contribution is -1.78. The smallest absolute Gasteiger partial charge is 0.128 e. The molecule has 2 nitrogen and oxygen atoms in total. The Morgan fingerprint density at radius 3 is 3.36 bits per heavy atom. The van der Waals surface area contributed by atoms with E-state index in [4.69, 9.17) is 0 Å². The molecule has 1 aliphatic heterocycles. The first-order chi connectivity index (χ1) is 5.42. The minimum absolute atomic E-state index is 0.115. The van der Waals surface area contributed by atoms with Gasteiger partial charge in [0.25, 0.3) is 0 Å². The first kappa shape index (κ1) is 7.42. The second-order valence-corrected chi connectivity index (χ2v) is 4.60. The third-order valence-corrected chi connectivity index (χ3v) is 4.20. The van der Waals surface area contributed by atoms with Crippen molar-refractivity contribution in [2.45, 2.75) is 0 Å². The number of halogens is 1. The van der Waals surface area contributed by atoms with Gasteiger partial charge in [-0.2, -0.15) is 0 Å². The lowest BCUT2D eigenvalue weighted by molar-refractivity contribution is 1.61. The fourth-order valence-corrected chi connectivity index (χ4v) is 3.72. The molecule has 0 amide bonds. The lowest BCUT2D eigenvalue weighted by Gasteiger charge is -2.19. The predicted octanol–water partition coefficient (Wildman–Crippen LogP) is 3.85. The highest BCUT2D eigenvalue weighted by Gasteiger charge is 2.03. The first-order valence-corrected chi connectivity index (χ1v) is 6.22. The third-order valence-electron chi connectivity index (χ3n) is 1.44. The highest BCUT2D eigenvalue weighted by molar-refractivity contribution is 14.2. The van der Waals surface area contributed by atoms with Crippen molar-refractivity contribution in [1.82, 2.24) is 0 Å². The molecule has 2 rings (SSSR count). The minimum Gasteiger partial charge on any atom is -0.686 e. The monoisotopic (exact) mass is 277 g/mol. The summed E-state index contributed by atoms with van der Waals surface area (Å²) in [4.78, 5) is 0. The largest absolute Gasteiger partial charge is 0.686 e. The number of hydrogen-bond donors (Lipinski definition) is 0. The van der Waals surface area contributed by atoms with Crippen LogP contribution < -0.4 is 0 Å². The highest BCUT2D eigenvalue weighted by Crippen LogP contribution is 2.41.